The van der Waals surface area contributed by atoms with Crippen LogP contribution in [0.3, 0.4) is 0 Å². The Morgan fingerprint density at radius 3 is 2.40 bits per heavy atom. The topological polar surface area (TPSA) is 32.5 Å². The largest absolute Gasteiger partial charge is 0.329 e. The van der Waals surface area contributed by atoms with E-state index in [0.717, 1.165) is 19.5 Å². The highest BCUT2D eigenvalue weighted by atomic mass is 15.3. The van der Waals surface area contributed by atoms with Crippen LogP contribution in [0.25, 0.3) is 0 Å². The molecule has 2 atom stereocenters. The molecule has 0 radical (unpaired) electrons. The number of piperazine rings is 1. The van der Waals surface area contributed by atoms with Crippen LogP contribution in [0, 0.1) is 0 Å². The second-order valence-corrected chi connectivity index (χ2v) is 4.98. The van der Waals surface area contributed by atoms with E-state index in [1.54, 1.807) is 0 Å². The Labute approximate surface area is 94.6 Å². The third-order valence-corrected chi connectivity index (χ3v) is 4.14. The van der Waals surface area contributed by atoms with Crippen molar-refractivity contribution in [2.24, 2.45) is 5.73 Å². The van der Waals surface area contributed by atoms with Gasteiger partial charge in [-0.3, -0.25) is 9.80 Å². The van der Waals surface area contributed by atoms with Gasteiger partial charge >= 0.3 is 0 Å². The molecule has 3 heteroatoms. The van der Waals surface area contributed by atoms with Crippen LogP contribution >= 0.6 is 0 Å². The fraction of sp³-hybridized carbons (Fsp3) is 1.00. The zero-order valence-corrected chi connectivity index (χ0v) is 10.8. The van der Waals surface area contributed by atoms with Gasteiger partial charge < -0.3 is 5.73 Å². The Bertz CT molecular complexity index is 189. The molecule has 3 nitrogen and oxygen atoms in total. The zero-order chi connectivity index (χ0) is 11.5. The van der Waals surface area contributed by atoms with Crippen LogP contribution < -0.4 is 5.73 Å². The maximum absolute atomic E-state index is 5.91. The molecule has 0 aromatic heterocycles. The summed E-state index contributed by atoms with van der Waals surface area (Å²) in [5.41, 5.74) is 6.11. The normalized spacial score (nSPS) is 29.0. The predicted octanol–water partition coefficient (Wildman–Crippen LogP) is 1.14. The number of hydrogen-bond acceptors (Lipinski definition) is 3. The van der Waals surface area contributed by atoms with E-state index in [1.165, 1.54) is 19.6 Å². The number of hydrogen-bond donors (Lipinski definition) is 1. The molecule has 1 aliphatic heterocycles. The summed E-state index contributed by atoms with van der Waals surface area (Å²) in [5.74, 6) is 0. The lowest BCUT2D eigenvalue weighted by atomic mass is 9.94. The van der Waals surface area contributed by atoms with Crippen molar-refractivity contribution >= 4 is 0 Å². The Hall–Kier alpha value is -0.120. The molecule has 2 unspecified atom stereocenters. The maximum Gasteiger partial charge on any atom is 0.0302 e. The first-order valence-electron chi connectivity index (χ1n) is 6.26. The first-order valence-corrected chi connectivity index (χ1v) is 6.26. The molecule has 1 saturated heterocycles. The van der Waals surface area contributed by atoms with Crippen molar-refractivity contribution in [3.05, 3.63) is 0 Å². The van der Waals surface area contributed by atoms with Crippen LogP contribution in [-0.4, -0.2) is 54.1 Å². The first kappa shape index (κ1) is 12.9. The van der Waals surface area contributed by atoms with E-state index >= 15 is 0 Å². The van der Waals surface area contributed by atoms with Crippen LogP contribution in [-0.2, 0) is 0 Å². The zero-order valence-electron chi connectivity index (χ0n) is 10.8. The lowest BCUT2D eigenvalue weighted by Gasteiger charge is -2.47. The van der Waals surface area contributed by atoms with E-state index in [0.29, 0.717) is 6.04 Å². The quantitative estimate of drug-likeness (QED) is 0.760. The fourth-order valence-electron chi connectivity index (χ4n) is 2.45. The molecule has 0 spiro atoms. The van der Waals surface area contributed by atoms with Gasteiger partial charge in [-0.1, -0.05) is 13.8 Å². The highest BCUT2D eigenvalue weighted by molar-refractivity contribution is 4.91. The summed E-state index contributed by atoms with van der Waals surface area (Å²) in [6.07, 6.45) is 1.14. The van der Waals surface area contributed by atoms with Gasteiger partial charge in [0.05, 0.1) is 0 Å². The summed E-state index contributed by atoms with van der Waals surface area (Å²) >= 11 is 0. The van der Waals surface area contributed by atoms with Crippen molar-refractivity contribution in [2.45, 2.75) is 45.7 Å². The molecule has 2 N–H and O–H groups in total. The lowest BCUT2D eigenvalue weighted by molar-refractivity contribution is 0.0167. The van der Waals surface area contributed by atoms with Crippen molar-refractivity contribution in [1.82, 2.24) is 9.80 Å². The molecule has 0 aromatic rings. The van der Waals surface area contributed by atoms with Crippen LogP contribution in [0.1, 0.15) is 34.1 Å². The minimum atomic E-state index is 0.202. The summed E-state index contributed by atoms with van der Waals surface area (Å²) in [5, 5.41) is 0. The summed E-state index contributed by atoms with van der Waals surface area (Å²) in [4.78, 5) is 5.12. The average Bonchev–Trinajstić information content (AvgIpc) is 2.28. The third kappa shape index (κ3) is 2.71. The third-order valence-electron chi connectivity index (χ3n) is 4.14. The van der Waals surface area contributed by atoms with Gasteiger partial charge in [0, 0.05) is 37.8 Å². The molecule has 0 bridgehead atoms. The van der Waals surface area contributed by atoms with Gasteiger partial charge in [0.2, 0.25) is 0 Å². The summed E-state index contributed by atoms with van der Waals surface area (Å²) in [6, 6.07) is 0.668. The van der Waals surface area contributed by atoms with Crippen molar-refractivity contribution in [1.29, 1.82) is 0 Å². The lowest BCUT2D eigenvalue weighted by Crippen LogP contribution is -2.61. The minimum Gasteiger partial charge on any atom is -0.329 e. The minimum absolute atomic E-state index is 0.202. The van der Waals surface area contributed by atoms with Gasteiger partial charge in [-0.2, -0.15) is 0 Å². The van der Waals surface area contributed by atoms with E-state index in [9.17, 15) is 0 Å². The second-order valence-electron chi connectivity index (χ2n) is 4.98. The van der Waals surface area contributed by atoms with E-state index in [-0.39, 0.29) is 5.54 Å². The number of rotatable bonds is 4. The van der Waals surface area contributed by atoms with Gasteiger partial charge in [-0.25, -0.2) is 0 Å². The average molecular weight is 213 g/mol. The summed E-state index contributed by atoms with van der Waals surface area (Å²) in [7, 11) is 0. The van der Waals surface area contributed by atoms with Gasteiger partial charge in [0.1, 0.15) is 0 Å². The van der Waals surface area contributed by atoms with Gasteiger partial charge in [0.15, 0.2) is 0 Å². The Kier molecular flexibility index (Phi) is 4.56. The molecular weight excluding hydrogens is 186 g/mol. The molecule has 15 heavy (non-hydrogen) atoms. The molecule has 0 aromatic carbocycles. The van der Waals surface area contributed by atoms with Crippen molar-refractivity contribution in [3.8, 4) is 0 Å². The maximum atomic E-state index is 5.91. The number of nitrogens with two attached hydrogens (primary N) is 1. The SMILES string of the molecule is CCN1CCN(C(C)(CC)CN)CC1C. The van der Waals surface area contributed by atoms with Crippen molar-refractivity contribution in [3.63, 3.8) is 0 Å². The van der Waals surface area contributed by atoms with Crippen molar-refractivity contribution < 1.29 is 0 Å². The van der Waals surface area contributed by atoms with Gasteiger partial charge in [0.25, 0.3) is 0 Å². The molecule has 1 fully saturated rings. The predicted molar refractivity (Wildman–Crippen MR) is 66.0 cm³/mol. The van der Waals surface area contributed by atoms with E-state index in [4.69, 9.17) is 5.73 Å². The Balaban J connectivity index is 2.60. The van der Waals surface area contributed by atoms with Crippen LogP contribution in [0.4, 0.5) is 0 Å². The Morgan fingerprint density at radius 2 is 2.00 bits per heavy atom. The van der Waals surface area contributed by atoms with Crippen molar-refractivity contribution in [2.75, 3.05) is 32.7 Å². The second kappa shape index (κ2) is 5.28. The standard InChI is InChI=1S/C12H27N3/c1-5-12(4,10-13)15-8-7-14(6-2)11(3)9-15/h11H,5-10,13H2,1-4H3. The first-order chi connectivity index (χ1) is 7.07. The molecule has 1 rings (SSSR count). The van der Waals surface area contributed by atoms with Crippen LogP contribution in [0.15, 0.2) is 0 Å². The fourth-order valence-corrected chi connectivity index (χ4v) is 2.45. The molecule has 1 heterocycles. The van der Waals surface area contributed by atoms with E-state index in [1.807, 2.05) is 0 Å². The van der Waals surface area contributed by atoms with Crippen LogP contribution in [0.2, 0.25) is 0 Å². The van der Waals surface area contributed by atoms with E-state index in [2.05, 4.69) is 37.5 Å². The summed E-state index contributed by atoms with van der Waals surface area (Å²) in [6.45, 7) is 14.5. The van der Waals surface area contributed by atoms with Gasteiger partial charge in [-0.15, -0.1) is 0 Å². The highest BCUT2D eigenvalue weighted by Gasteiger charge is 2.33. The summed E-state index contributed by atoms with van der Waals surface area (Å²) < 4.78 is 0. The molecule has 0 saturated carbocycles. The van der Waals surface area contributed by atoms with Gasteiger partial charge in [-0.05, 0) is 26.8 Å². The monoisotopic (exact) mass is 213 g/mol. The number of likely N-dealkylation sites (N-methyl/N-ethyl adjacent to an activating group) is 1. The molecular formula is C12H27N3. The van der Waals surface area contributed by atoms with Crippen LogP contribution in [0.5, 0.6) is 0 Å². The number of nitrogens with zero attached hydrogens (tertiary/aromatic N) is 2. The molecule has 1 aliphatic rings. The highest BCUT2D eigenvalue weighted by Crippen LogP contribution is 2.22. The molecule has 0 aliphatic carbocycles. The van der Waals surface area contributed by atoms with E-state index < -0.39 is 0 Å². The molecule has 90 valence electrons. The smallest absolute Gasteiger partial charge is 0.0302 e. The Morgan fingerprint density at radius 1 is 1.33 bits per heavy atom. The molecule has 0 amide bonds.